The van der Waals surface area contributed by atoms with Crippen LogP contribution in [0.1, 0.15) is 158 Å². The second-order valence-electron chi connectivity index (χ2n) is 29.5. The summed E-state index contributed by atoms with van der Waals surface area (Å²) in [6.07, 6.45) is -9.00. The van der Waals surface area contributed by atoms with Crippen molar-refractivity contribution in [2.75, 3.05) is 7.11 Å². The summed E-state index contributed by atoms with van der Waals surface area (Å²) in [6.45, 7) is 18.5. The molecule has 0 unspecified atom stereocenters. The third-order valence-electron chi connectivity index (χ3n) is 20.3. The Labute approximate surface area is 686 Å². The summed E-state index contributed by atoms with van der Waals surface area (Å²) in [6, 6.07) is 99.9. The van der Waals surface area contributed by atoms with Crippen LogP contribution in [0.25, 0.3) is 22.3 Å². The summed E-state index contributed by atoms with van der Waals surface area (Å²) >= 11 is 0. The second-order valence-corrected chi connectivity index (χ2v) is 29.5. The van der Waals surface area contributed by atoms with Crippen LogP contribution in [0.4, 0.5) is 26.3 Å². The molecule has 15 rings (SSSR count). The number of alkyl halides is 6. The largest absolute Gasteiger partial charge is 0.497 e. The van der Waals surface area contributed by atoms with Crippen LogP contribution in [-0.2, 0) is 16.4 Å². The molecular weight excluding hydrogens is 1490 g/mol. The molecule has 0 aliphatic heterocycles. The molecule has 8 nitrogen and oxygen atoms in total. The molecule has 0 saturated heterocycles. The Morgan fingerprint density at radius 3 is 0.847 bits per heavy atom. The molecule has 14 heteroatoms. The van der Waals surface area contributed by atoms with E-state index in [-0.39, 0.29) is 34.6 Å². The van der Waals surface area contributed by atoms with Crippen LogP contribution in [0.3, 0.4) is 0 Å². The highest BCUT2D eigenvalue weighted by molar-refractivity contribution is 6.10. The molecule has 0 N–H and O–H groups in total. The van der Waals surface area contributed by atoms with E-state index in [2.05, 4.69) is 120 Å². The van der Waals surface area contributed by atoms with Crippen molar-refractivity contribution >= 4 is 17.3 Å². The van der Waals surface area contributed by atoms with Crippen LogP contribution >= 0.6 is 0 Å². The van der Waals surface area contributed by atoms with Crippen molar-refractivity contribution in [3.05, 3.63) is 429 Å². The number of rotatable bonds is 21. The molecule has 14 aromatic carbocycles. The van der Waals surface area contributed by atoms with Crippen LogP contribution in [0.2, 0.25) is 0 Å². The summed E-state index contributed by atoms with van der Waals surface area (Å²) in [5.74, 6) is 3.29. The van der Waals surface area contributed by atoms with E-state index in [9.17, 15) is 40.7 Å². The number of halogens is 6. The molecule has 0 radical (unpaired) electrons. The fraction of sp³-hybridized carbons (Fsp3) is 0.163. The maximum atomic E-state index is 14.6. The molecule has 118 heavy (non-hydrogen) atoms. The third-order valence-corrected chi connectivity index (χ3v) is 20.3. The fourth-order valence-electron chi connectivity index (χ4n) is 14.3. The third kappa shape index (κ3) is 18.5. The molecule has 1 aliphatic carbocycles. The van der Waals surface area contributed by atoms with E-state index in [1.807, 2.05) is 173 Å². The number of benzene rings is 14. The van der Waals surface area contributed by atoms with Gasteiger partial charge < -0.3 is 23.7 Å². The minimum atomic E-state index is -5.75. The fourth-order valence-corrected chi connectivity index (χ4v) is 14.3. The number of ketones is 3. The first-order valence-corrected chi connectivity index (χ1v) is 39.1. The predicted octanol–water partition coefficient (Wildman–Crippen LogP) is 28.0. The van der Waals surface area contributed by atoms with Gasteiger partial charge >= 0.3 is 12.4 Å². The van der Waals surface area contributed by atoms with Gasteiger partial charge in [-0.05, 0) is 229 Å². The van der Waals surface area contributed by atoms with Crippen molar-refractivity contribution in [1.29, 1.82) is 0 Å². The van der Waals surface area contributed by atoms with Gasteiger partial charge in [0.15, 0.2) is 17.3 Å². The van der Waals surface area contributed by atoms with Gasteiger partial charge in [-0.1, -0.05) is 263 Å². The standard InChI is InChI=1S/C58H44F6O6.C40H30O2.2C3H8/c1-37-5-7-40(8-6-37)53(65)42-15-27-49(28-16-42)68-48-25-11-38(12-26-48)39-13-31-52(32-14-39)70-55(2,3)44-19-9-41(10-20-44)54(66)43-17-29-50(30-18-43)69-51-35-23-46(24-36-51)56(57(59,60)61,58(62,63)64)45-21-33-47(67-4)34-22-45;1-27-11-15-29(16-12-27)39(41)30-17-23-33(24-18-30)42-34-25-21-32(22-26-34)40(31-19-13-28(2)14-20-31)37-9-5-3-7-35(37)36-8-4-6-10-38(36)40;2*1-3-2/h5-36H,1-4H3;3-26H,1-2H3;2*3H2,1-2H3. The lowest BCUT2D eigenvalue weighted by atomic mass is 9.67. The molecule has 0 spiro atoms. The van der Waals surface area contributed by atoms with Crippen molar-refractivity contribution < 1.29 is 64.4 Å². The summed E-state index contributed by atoms with van der Waals surface area (Å²) in [5.41, 5.74) is 9.46. The first-order valence-electron chi connectivity index (χ1n) is 39.1. The van der Waals surface area contributed by atoms with Crippen molar-refractivity contribution in [2.45, 2.75) is 104 Å². The minimum absolute atomic E-state index is 0.00410. The average Bonchev–Trinajstić information content (AvgIpc) is 1.52. The Kier molecular flexibility index (Phi) is 26.1. The Morgan fingerprint density at radius 2 is 0.534 bits per heavy atom. The molecular formula is C104H90F6O8. The highest BCUT2D eigenvalue weighted by atomic mass is 19.4. The summed E-state index contributed by atoms with van der Waals surface area (Å²) in [5, 5.41) is 0. The zero-order valence-electron chi connectivity index (χ0n) is 67.3. The van der Waals surface area contributed by atoms with Gasteiger partial charge in [0.05, 0.1) is 12.5 Å². The Hall–Kier alpha value is -13.3. The number of carbonyl (C=O) groups excluding carboxylic acids is 3. The Bertz CT molecular complexity index is 5650. The van der Waals surface area contributed by atoms with Gasteiger partial charge in [0.1, 0.15) is 51.6 Å². The summed E-state index contributed by atoms with van der Waals surface area (Å²) < 4.78 is 117. The van der Waals surface area contributed by atoms with Gasteiger partial charge in [0.2, 0.25) is 5.41 Å². The molecule has 0 amide bonds. The number of aryl methyl sites for hydroxylation is 3. The Balaban J connectivity index is 0.000000225. The first-order chi connectivity index (χ1) is 56.7. The van der Waals surface area contributed by atoms with E-state index >= 15 is 0 Å². The van der Waals surface area contributed by atoms with Gasteiger partial charge in [-0.25, -0.2) is 0 Å². The maximum Gasteiger partial charge on any atom is 0.411 e. The zero-order chi connectivity index (χ0) is 83.9. The zero-order valence-corrected chi connectivity index (χ0v) is 67.3. The van der Waals surface area contributed by atoms with Crippen LogP contribution in [-0.4, -0.2) is 36.8 Å². The number of hydrogen-bond acceptors (Lipinski definition) is 8. The molecule has 596 valence electrons. The summed E-state index contributed by atoms with van der Waals surface area (Å²) in [4.78, 5) is 39.2. The quantitative estimate of drug-likeness (QED) is 0.0518. The second kappa shape index (κ2) is 36.7. The molecule has 0 bridgehead atoms. The van der Waals surface area contributed by atoms with E-state index in [1.54, 1.807) is 36.4 Å². The smallest absolute Gasteiger partial charge is 0.411 e. The van der Waals surface area contributed by atoms with Gasteiger partial charge in [-0.3, -0.25) is 14.4 Å². The normalized spacial score (nSPS) is 12.0. The number of carbonyl (C=O) groups is 3. The highest BCUT2D eigenvalue weighted by Gasteiger charge is 2.72. The van der Waals surface area contributed by atoms with Gasteiger partial charge in [0.25, 0.3) is 0 Å². The molecule has 0 saturated carbocycles. The lowest BCUT2D eigenvalue weighted by Gasteiger charge is -2.38. The monoisotopic (exact) mass is 1580 g/mol. The van der Waals surface area contributed by atoms with E-state index in [0.29, 0.717) is 56.4 Å². The van der Waals surface area contributed by atoms with Crippen LogP contribution in [0.5, 0.6) is 46.0 Å². The molecule has 0 atom stereocenters. The molecule has 1 aliphatic rings. The molecule has 0 heterocycles. The number of fused-ring (bicyclic) bond motifs is 3. The van der Waals surface area contributed by atoms with E-state index in [1.165, 1.54) is 83.2 Å². The highest BCUT2D eigenvalue weighted by Crippen LogP contribution is 2.58. The lowest BCUT2D eigenvalue weighted by molar-refractivity contribution is -0.288. The number of methoxy groups -OCH3 is 1. The first kappa shape index (κ1) is 84.1. The van der Waals surface area contributed by atoms with Crippen molar-refractivity contribution in [2.24, 2.45) is 0 Å². The molecule has 0 aromatic heterocycles. The minimum Gasteiger partial charge on any atom is -0.497 e. The van der Waals surface area contributed by atoms with Gasteiger partial charge in [0, 0.05) is 33.4 Å². The SMILES string of the molecule is CCC.CCC.COc1ccc(C(c2ccc(Oc3ccc(C(=O)c4ccc(C(C)(C)Oc5ccc(-c6ccc(Oc7ccc(C(=O)c8ccc(C)cc8)cc7)cc6)cc5)cc4)cc3)cc2)(C(F)(F)F)C(F)(F)F)cc1.Cc1ccc(C(=O)c2ccc(Oc3ccc(C4(c5ccc(C)cc5)c5ccccc5-c5ccccc54)cc3)cc2)cc1. The Morgan fingerprint density at radius 1 is 0.297 bits per heavy atom. The number of hydrogen-bond donors (Lipinski definition) is 0. The lowest BCUT2D eigenvalue weighted by Crippen LogP contribution is -2.54. The predicted molar refractivity (Wildman–Crippen MR) is 457 cm³/mol. The van der Waals surface area contributed by atoms with Gasteiger partial charge in [-0.15, -0.1) is 0 Å². The van der Waals surface area contributed by atoms with E-state index in [4.69, 9.17) is 23.7 Å². The molecule has 14 aromatic rings. The van der Waals surface area contributed by atoms with Crippen molar-refractivity contribution in [1.82, 2.24) is 0 Å². The topological polar surface area (TPSA) is 97.4 Å². The van der Waals surface area contributed by atoms with Crippen LogP contribution in [0, 0.1) is 20.8 Å². The van der Waals surface area contributed by atoms with E-state index < -0.39 is 39.9 Å². The maximum absolute atomic E-state index is 14.6. The van der Waals surface area contributed by atoms with Gasteiger partial charge in [-0.2, -0.15) is 26.3 Å². The summed E-state index contributed by atoms with van der Waals surface area (Å²) in [7, 11) is 1.25. The average molecular weight is 1580 g/mol. The van der Waals surface area contributed by atoms with Crippen LogP contribution in [0.15, 0.2) is 340 Å². The molecule has 0 fully saturated rings. The van der Waals surface area contributed by atoms with Crippen molar-refractivity contribution in [3.8, 4) is 68.2 Å². The van der Waals surface area contributed by atoms with Crippen molar-refractivity contribution in [3.63, 3.8) is 0 Å². The van der Waals surface area contributed by atoms with E-state index in [0.717, 1.165) is 82.1 Å². The van der Waals surface area contributed by atoms with Crippen LogP contribution < -0.4 is 23.7 Å². The number of ether oxygens (including phenoxy) is 5.